The molecule has 45 heavy (non-hydrogen) atoms. The number of benzene rings is 3. The second-order valence-electron chi connectivity index (χ2n) is 11.1. The van der Waals surface area contributed by atoms with Crippen LogP contribution in [0.4, 0.5) is 5.69 Å². The maximum absolute atomic E-state index is 14.7. The van der Waals surface area contributed by atoms with E-state index >= 15 is 0 Å². The molecule has 1 heterocycles. The van der Waals surface area contributed by atoms with Crippen LogP contribution in [0.25, 0.3) is 0 Å². The van der Waals surface area contributed by atoms with Gasteiger partial charge in [-0.1, -0.05) is 60.7 Å². The van der Waals surface area contributed by atoms with Crippen molar-refractivity contribution >= 4 is 27.5 Å². The molecule has 1 aromatic heterocycles. The van der Waals surface area contributed by atoms with Crippen molar-refractivity contribution in [1.29, 1.82) is 0 Å². The molecule has 4 aromatic rings. The Labute approximate surface area is 264 Å². The number of carbonyl (C=O) groups is 2. The first kappa shape index (κ1) is 33.4. The minimum absolute atomic E-state index is 0.0206. The Morgan fingerprint density at radius 2 is 1.56 bits per heavy atom. The number of aliphatic hydroxyl groups excluding tert-OH is 1. The third-order valence-corrected chi connectivity index (χ3v) is 9.14. The summed E-state index contributed by atoms with van der Waals surface area (Å²) in [6.07, 6.45) is 1.88. The molecule has 0 bridgehead atoms. The summed E-state index contributed by atoms with van der Waals surface area (Å²) in [5.41, 5.74) is 7.50. The summed E-state index contributed by atoms with van der Waals surface area (Å²) < 4.78 is 31.3. The van der Waals surface area contributed by atoms with Crippen molar-refractivity contribution < 1.29 is 27.5 Å². The highest BCUT2D eigenvalue weighted by atomic mass is 32.2. The normalized spacial score (nSPS) is 14.2. The average Bonchev–Trinajstić information content (AvgIpc) is 3.58. The zero-order chi connectivity index (χ0) is 32.7. The van der Waals surface area contributed by atoms with Gasteiger partial charge in [-0.2, -0.15) is 0 Å². The van der Waals surface area contributed by atoms with Crippen molar-refractivity contribution in [3.05, 3.63) is 125 Å². The molecule has 11 heteroatoms. The number of rotatable bonds is 14. The first-order chi connectivity index (χ1) is 21.4. The Balaban J connectivity index is 1.82. The molecule has 238 valence electrons. The Kier molecular flexibility index (Phi) is 10.8. The summed E-state index contributed by atoms with van der Waals surface area (Å²) in [6.45, 7) is 3.93. The molecule has 3 aromatic carbocycles. The van der Waals surface area contributed by atoms with Crippen LogP contribution < -0.4 is 15.4 Å². The van der Waals surface area contributed by atoms with Gasteiger partial charge in [-0.05, 0) is 61.7 Å². The molecular formula is C34H40N4O6S. The standard InChI is InChI=1S/C34H40N4O6S/c1-23(32-16-11-17-44-32)36-22-31(39)30(18-25-12-7-5-8-13-25)38(24(2)26-14-9-6-10-15-26)34(41)28-19-27(33(35)40)20-29(21-28)37(3)45(4,42)43/h5-17,19-21,23-24,30-31,36,39H,18,22H2,1-4H3,(H2,35,40)/t23?,24-,30-,31+/m0/s1. The monoisotopic (exact) mass is 632 g/mol. The fourth-order valence-electron chi connectivity index (χ4n) is 5.25. The molecule has 0 radical (unpaired) electrons. The highest BCUT2D eigenvalue weighted by Gasteiger charge is 2.35. The highest BCUT2D eigenvalue weighted by molar-refractivity contribution is 7.92. The molecule has 0 fully saturated rings. The van der Waals surface area contributed by atoms with Gasteiger partial charge in [0.15, 0.2) is 0 Å². The molecule has 0 aliphatic heterocycles. The summed E-state index contributed by atoms with van der Waals surface area (Å²) in [7, 11) is -2.39. The van der Waals surface area contributed by atoms with Gasteiger partial charge in [0.05, 0.1) is 42.4 Å². The Hall–Kier alpha value is -4.45. The van der Waals surface area contributed by atoms with Crippen molar-refractivity contribution in [2.45, 2.75) is 44.5 Å². The third-order valence-electron chi connectivity index (χ3n) is 7.94. The van der Waals surface area contributed by atoms with Crippen LogP contribution in [0, 0.1) is 0 Å². The summed E-state index contributed by atoms with van der Waals surface area (Å²) in [4.78, 5) is 28.6. The van der Waals surface area contributed by atoms with Crippen LogP contribution in [0.3, 0.4) is 0 Å². The minimum atomic E-state index is -3.72. The Morgan fingerprint density at radius 1 is 0.933 bits per heavy atom. The molecule has 1 unspecified atom stereocenters. The van der Waals surface area contributed by atoms with Gasteiger partial charge in [0.2, 0.25) is 15.9 Å². The number of nitrogens with zero attached hydrogens (tertiary/aromatic N) is 2. The molecule has 0 aliphatic rings. The molecule has 4 rings (SSSR count). The van der Waals surface area contributed by atoms with Crippen LogP contribution in [0.5, 0.6) is 0 Å². The lowest BCUT2D eigenvalue weighted by molar-refractivity contribution is 0.0213. The van der Waals surface area contributed by atoms with E-state index in [1.165, 1.54) is 25.2 Å². The molecule has 0 saturated carbocycles. The number of anilines is 1. The fraction of sp³-hybridized carbons (Fsp3) is 0.294. The SMILES string of the molecule is CC(NC[C@@H](O)[C@H](Cc1ccccc1)N(C(=O)c1cc(C(N)=O)cc(N(C)S(C)(=O)=O)c1)[C@@H](C)c1ccccc1)c1ccco1. The largest absolute Gasteiger partial charge is 0.468 e. The summed E-state index contributed by atoms with van der Waals surface area (Å²) in [5.74, 6) is -0.609. The number of primary amides is 1. The van der Waals surface area contributed by atoms with Crippen molar-refractivity contribution in [2.24, 2.45) is 5.73 Å². The van der Waals surface area contributed by atoms with Gasteiger partial charge in [-0.3, -0.25) is 13.9 Å². The predicted molar refractivity (Wildman–Crippen MR) is 174 cm³/mol. The lowest BCUT2D eigenvalue weighted by Gasteiger charge is -2.40. The number of nitrogens with two attached hydrogens (primary N) is 1. The van der Waals surface area contributed by atoms with Crippen molar-refractivity contribution in [3.8, 4) is 0 Å². The van der Waals surface area contributed by atoms with Gasteiger partial charge < -0.3 is 25.5 Å². The molecule has 4 atom stereocenters. The molecule has 0 spiro atoms. The summed E-state index contributed by atoms with van der Waals surface area (Å²) in [6, 6.07) is 25.2. The Morgan fingerprint density at radius 3 is 2.13 bits per heavy atom. The zero-order valence-electron chi connectivity index (χ0n) is 25.8. The van der Waals surface area contributed by atoms with Crippen LogP contribution in [0.15, 0.2) is 102 Å². The van der Waals surface area contributed by atoms with Gasteiger partial charge in [0.1, 0.15) is 5.76 Å². The first-order valence-corrected chi connectivity index (χ1v) is 16.5. The number of sulfonamides is 1. The number of amides is 2. The van der Waals surface area contributed by atoms with Crippen LogP contribution in [-0.4, -0.2) is 62.2 Å². The van der Waals surface area contributed by atoms with E-state index in [4.69, 9.17) is 10.2 Å². The number of carbonyl (C=O) groups excluding carboxylic acids is 2. The van der Waals surface area contributed by atoms with Gasteiger partial charge in [0.25, 0.3) is 5.91 Å². The van der Waals surface area contributed by atoms with E-state index in [1.807, 2.05) is 80.6 Å². The van der Waals surface area contributed by atoms with E-state index < -0.39 is 40.0 Å². The number of aliphatic hydroxyl groups is 1. The van der Waals surface area contributed by atoms with Gasteiger partial charge >= 0.3 is 0 Å². The van der Waals surface area contributed by atoms with Crippen molar-refractivity contribution in [2.75, 3.05) is 24.2 Å². The molecule has 0 saturated heterocycles. The average molecular weight is 633 g/mol. The zero-order valence-corrected chi connectivity index (χ0v) is 26.6. The number of hydrogen-bond acceptors (Lipinski definition) is 7. The number of hydrogen-bond donors (Lipinski definition) is 3. The molecule has 0 aliphatic carbocycles. The lowest BCUT2D eigenvalue weighted by atomic mass is 9.94. The van der Waals surface area contributed by atoms with Crippen molar-refractivity contribution in [3.63, 3.8) is 0 Å². The molecule has 10 nitrogen and oxygen atoms in total. The van der Waals surface area contributed by atoms with Crippen molar-refractivity contribution in [1.82, 2.24) is 10.2 Å². The lowest BCUT2D eigenvalue weighted by Crippen LogP contribution is -2.52. The number of furan rings is 1. The van der Waals surface area contributed by atoms with Crippen LogP contribution >= 0.6 is 0 Å². The predicted octanol–water partition coefficient (Wildman–Crippen LogP) is 4.30. The molecule has 2 amide bonds. The maximum atomic E-state index is 14.7. The second kappa shape index (κ2) is 14.6. The summed E-state index contributed by atoms with van der Waals surface area (Å²) >= 11 is 0. The van der Waals surface area contributed by atoms with Crippen LogP contribution in [-0.2, 0) is 16.4 Å². The van der Waals surface area contributed by atoms with Gasteiger partial charge in [-0.25, -0.2) is 8.42 Å². The Bertz CT molecular complexity index is 1680. The molecule has 4 N–H and O–H groups in total. The van der Waals surface area contributed by atoms with E-state index in [9.17, 15) is 23.1 Å². The summed E-state index contributed by atoms with van der Waals surface area (Å²) in [5, 5.41) is 15.1. The maximum Gasteiger partial charge on any atom is 0.254 e. The second-order valence-corrected chi connectivity index (χ2v) is 13.1. The van der Waals surface area contributed by atoms with Gasteiger partial charge in [-0.15, -0.1) is 0 Å². The topological polar surface area (TPSA) is 146 Å². The molecular weight excluding hydrogens is 592 g/mol. The minimum Gasteiger partial charge on any atom is -0.468 e. The van der Waals surface area contributed by atoms with E-state index in [2.05, 4.69) is 5.32 Å². The first-order valence-electron chi connectivity index (χ1n) is 14.6. The highest BCUT2D eigenvalue weighted by Crippen LogP contribution is 2.30. The van der Waals surface area contributed by atoms with E-state index in [0.29, 0.717) is 12.2 Å². The quantitative estimate of drug-likeness (QED) is 0.188. The van der Waals surface area contributed by atoms with E-state index in [-0.39, 0.29) is 29.4 Å². The fourth-order valence-corrected chi connectivity index (χ4v) is 5.74. The van der Waals surface area contributed by atoms with E-state index in [0.717, 1.165) is 21.7 Å². The number of nitrogens with one attached hydrogen (secondary N) is 1. The van der Waals surface area contributed by atoms with Gasteiger partial charge in [0, 0.05) is 24.7 Å². The van der Waals surface area contributed by atoms with Crippen LogP contribution in [0.2, 0.25) is 0 Å². The van der Waals surface area contributed by atoms with E-state index in [1.54, 1.807) is 17.2 Å². The van der Waals surface area contributed by atoms with Crippen LogP contribution in [0.1, 0.15) is 63.5 Å². The smallest absolute Gasteiger partial charge is 0.254 e. The third kappa shape index (κ3) is 8.39.